The lowest BCUT2D eigenvalue weighted by atomic mass is 9.79. The van der Waals surface area contributed by atoms with Crippen molar-refractivity contribution in [3.05, 3.63) is 87.6 Å². The molecular weight excluding hydrogens is 403 g/mol. The van der Waals surface area contributed by atoms with Gasteiger partial charge in [0.05, 0.1) is 12.1 Å². The maximum Gasteiger partial charge on any atom is 0.318 e. The molecule has 30 heavy (non-hydrogen) atoms. The molecule has 5 nitrogen and oxygen atoms in total. The third-order valence-electron chi connectivity index (χ3n) is 5.47. The van der Waals surface area contributed by atoms with Gasteiger partial charge in [-0.2, -0.15) is 0 Å². The Bertz CT molecular complexity index is 1070. The molecule has 3 aromatic rings. The molecule has 7 heteroatoms. The molecule has 0 radical (unpaired) electrons. The maximum atomic E-state index is 13.4. The van der Waals surface area contributed by atoms with Crippen LogP contribution < -0.4 is 0 Å². The molecule has 0 N–H and O–H groups in total. The molecule has 0 bridgehead atoms. The van der Waals surface area contributed by atoms with Crippen molar-refractivity contribution >= 4 is 23.2 Å². The summed E-state index contributed by atoms with van der Waals surface area (Å²) in [6.07, 6.45) is 0.960. The number of amides is 1. The highest BCUT2D eigenvalue weighted by Gasteiger charge is 2.48. The van der Waals surface area contributed by atoms with E-state index in [-0.39, 0.29) is 24.2 Å². The van der Waals surface area contributed by atoms with Crippen LogP contribution in [-0.2, 0) is 21.4 Å². The number of benzene rings is 2. The fourth-order valence-electron chi connectivity index (χ4n) is 3.93. The average molecular weight is 424 g/mol. The number of halogens is 1. The lowest BCUT2D eigenvalue weighted by molar-refractivity contribution is -0.147. The number of likely N-dealkylation sites (tertiary alicyclic amines) is 1. The highest BCUT2D eigenvalue weighted by Crippen LogP contribution is 2.36. The Kier molecular flexibility index (Phi) is 5.63. The molecule has 0 aliphatic carbocycles. The summed E-state index contributed by atoms with van der Waals surface area (Å²) >= 11 is 1.37. The minimum atomic E-state index is -0.869. The van der Waals surface area contributed by atoms with Crippen LogP contribution >= 0.6 is 11.3 Å². The Labute approximate surface area is 178 Å². The van der Waals surface area contributed by atoms with Gasteiger partial charge >= 0.3 is 5.97 Å². The highest BCUT2D eigenvalue weighted by molar-refractivity contribution is 7.09. The summed E-state index contributed by atoms with van der Waals surface area (Å²) in [4.78, 5) is 31.8. The number of nitrogens with zero attached hydrogens (tertiary/aromatic N) is 2. The zero-order valence-electron chi connectivity index (χ0n) is 16.5. The number of rotatable bonds is 5. The zero-order valence-corrected chi connectivity index (χ0v) is 17.3. The van der Waals surface area contributed by atoms with Crippen LogP contribution in [0.2, 0.25) is 0 Å². The summed E-state index contributed by atoms with van der Waals surface area (Å²) in [5.74, 6) is -0.843. The van der Waals surface area contributed by atoms with Gasteiger partial charge in [-0.3, -0.25) is 9.59 Å². The van der Waals surface area contributed by atoms with Crippen LogP contribution in [0.25, 0.3) is 0 Å². The van der Waals surface area contributed by atoms with E-state index in [4.69, 9.17) is 4.74 Å². The molecule has 2 heterocycles. The zero-order chi connectivity index (χ0) is 21.1. The second-order valence-electron chi connectivity index (χ2n) is 7.35. The van der Waals surface area contributed by atoms with Gasteiger partial charge in [-0.1, -0.05) is 42.5 Å². The summed E-state index contributed by atoms with van der Waals surface area (Å²) in [6.45, 7) is 0.693. The van der Waals surface area contributed by atoms with Crippen LogP contribution in [0.15, 0.2) is 60.0 Å². The molecule has 0 saturated carbocycles. The predicted molar refractivity (Wildman–Crippen MR) is 112 cm³/mol. The number of thiazole rings is 1. The molecule has 1 aliphatic rings. The van der Waals surface area contributed by atoms with Crippen LogP contribution in [0.3, 0.4) is 0 Å². The van der Waals surface area contributed by atoms with E-state index in [1.165, 1.54) is 30.6 Å². The van der Waals surface area contributed by atoms with E-state index < -0.39 is 5.41 Å². The van der Waals surface area contributed by atoms with E-state index in [0.29, 0.717) is 25.1 Å². The number of carbonyl (C=O) groups excluding carboxylic acids is 2. The second-order valence-corrected chi connectivity index (χ2v) is 8.29. The Morgan fingerprint density at radius 1 is 1.20 bits per heavy atom. The number of methoxy groups -OCH3 is 1. The van der Waals surface area contributed by atoms with Crippen molar-refractivity contribution < 1.29 is 18.7 Å². The molecular formula is C23H21FN2O3S. The smallest absolute Gasteiger partial charge is 0.318 e. The standard InChI is InChI=1S/C23H21FN2O3S/c1-29-22(28)23(17-7-3-2-4-8-17)10-11-26(15-23)21(27)19-14-30-20(25-19)13-16-6-5-9-18(24)12-16/h2-9,12,14H,10-11,13,15H2,1H3. The van der Waals surface area contributed by atoms with Crippen LogP contribution in [0.1, 0.15) is 33.0 Å². The Balaban J connectivity index is 1.52. The van der Waals surface area contributed by atoms with E-state index in [1.54, 1.807) is 16.3 Å². The maximum absolute atomic E-state index is 13.4. The van der Waals surface area contributed by atoms with Gasteiger partial charge in [0.2, 0.25) is 0 Å². The normalized spacial score (nSPS) is 18.4. The van der Waals surface area contributed by atoms with Gasteiger partial charge in [0.15, 0.2) is 0 Å². The van der Waals surface area contributed by atoms with E-state index >= 15 is 0 Å². The first-order valence-corrected chi connectivity index (χ1v) is 10.5. The lowest BCUT2D eigenvalue weighted by Crippen LogP contribution is -2.41. The number of aromatic nitrogens is 1. The fourth-order valence-corrected chi connectivity index (χ4v) is 4.73. The summed E-state index contributed by atoms with van der Waals surface area (Å²) < 4.78 is 18.5. The quantitative estimate of drug-likeness (QED) is 0.584. The van der Waals surface area contributed by atoms with E-state index in [0.717, 1.165) is 16.1 Å². The molecule has 0 spiro atoms. The van der Waals surface area contributed by atoms with Crippen molar-refractivity contribution in [1.82, 2.24) is 9.88 Å². The van der Waals surface area contributed by atoms with Crippen LogP contribution in [-0.4, -0.2) is 42.0 Å². The van der Waals surface area contributed by atoms with Gasteiger partial charge < -0.3 is 9.64 Å². The molecule has 1 aliphatic heterocycles. The SMILES string of the molecule is COC(=O)C1(c2ccccc2)CCN(C(=O)c2csc(Cc3cccc(F)c3)n2)C1. The molecule has 1 saturated heterocycles. The van der Waals surface area contributed by atoms with E-state index in [2.05, 4.69) is 4.98 Å². The number of carbonyl (C=O) groups is 2. The molecule has 1 aromatic heterocycles. The van der Waals surface area contributed by atoms with Crippen LogP contribution in [0.4, 0.5) is 4.39 Å². The summed E-state index contributed by atoms with van der Waals surface area (Å²) in [5.41, 5.74) is 1.13. The van der Waals surface area contributed by atoms with Crippen molar-refractivity contribution in [3.8, 4) is 0 Å². The topological polar surface area (TPSA) is 59.5 Å². The third kappa shape index (κ3) is 3.85. The molecule has 1 unspecified atom stereocenters. The van der Waals surface area contributed by atoms with Gasteiger partial charge in [0.1, 0.15) is 16.9 Å². The average Bonchev–Trinajstić information content (AvgIpc) is 3.42. The molecule has 1 atom stereocenters. The number of esters is 1. The number of ether oxygens (including phenoxy) is 1. The Morgan fingerprint density at radius 3 is 2.73 bits per heavy atom. The Morgan fingerprint density at radius 2 is 2.00 bits per heavy atom. The summed E-state index contributed by atoms with van der Waals surface area (Å²) in [6, 6.07) is 15.8. The highest BCUT2D eigenvalue weighted by atomic mass is 32.1. The monoisotopic (exact) mass is 424 g/mol. The Hall–Kier alpha value is -3.06. The van der Waals surface area contributed by atoms with Crippen LogP contribution in [0, 0.1) is 5.82 Å². The molecule has 4 rings (SSSR count). The largest absolute Gasteiger partial charge is 0.468 e. The minimum absolute atomic E-state index is 0.210. The first-order valence-electron chi connectivity index (χ1n) is 9.64. The van der Waals surface area contributed by atoms with Crippen molar-refractivity contribution in [3.63, 3.8) is 0 Å². The number of hydrogen-bond donors (Lipinski definition) is 0. The molecule has 154 valence electrons. The first kappa shape index (κ1) is 20.2. The fraction of sp³-hybridized carbons (Fsp3) is 0.261. The van der Waals surface area contributed by atoms with Crippen molar-refractivity contribution in [2.45, 2.75) is 18.3 Å². The van der Waals surface area contributed by atoms with Crippen molar-refractivity contribution in [2.24, 2.45) is 0 Å². The van der Waals surface area contributed by atoms with Gasteiger partial charge in [-0.15, -0.1) is 11.3 Å². The predicted octanol–water partition coefficient (Wildman–Crippen LogP) is 3.83. The lowest BCUT2D eigenvalue weighted by Gasteiger charge is -2.26. The van der Waals surface area contributed by atoms with Crippen molar-refractivity contribution in [2.75, 3.05) is 20.2 Å². The second kappa shape index (κ2) is 8.36. The van der Waals surface area contributed by atoms with Crippen LogP contribution in [0.5, 0.6) is 0 Å². The van der Waals surface area contributed by atoms with Gasteiger partial charge in [-0.05, 0) is 29.7 Å². The van der Waals surface area contributed by atoms with Gasteiger partial charge in [0.25, 0.3) is 5.91 Å². The molecule has 2 aromatic carbocycles. The van der Waals surface area contributed by atoms with Gasteiger partial charge in [0, 0.05) is 24.9 Å². The molecule has 1 amide bonds. The van der Waals surface area contributed by atoms with Crippen molar-refractivity contribution in [1.29, 1.82) is 0 Å². The first-order chi connectivity index (χ1) is 14.5. The number of hydrogen-bond acceptors (Lipinski definition) is 5. The minimum Gasteiger partial charge on any atom is -0.468 e. The van der Waals surface area contributed by atoms with Gasteiger partial charge in [-0.25, -0.2) is 9.37 Å². The molecule has 1 fully saturated rings. The van der Waals surface area contributed by atoms with E-state index in [9.17, 15) is 14.0 Å². The third-order valence-corrected chi connectivity index (χ3v) is 6.32. The van der Waals surface area contributed by atoms with E-state index in [1.807, 2.05) is 36.4 Å². The summed E-state index contributed by atoms with van der Waals surface area (Å²) in [7, 11) is 1.37. The summed E-state index contributed by atoms with van der Waals surface area (Å²) in [5, 5.41) is 2.46.